The first-order valence-electron chi connectivity index (χ1n) is 3.42. The lowest BCUT2D eigenvalue weighted by atomic mass is 10.1. The van der Waals surface area contributed by atoms with Crippen molar-refractivity contribution in [3.05, 3.63) is 21.1 Å². The van der Waals surface area contributed by atoms with Crippen molar-refractivity contribution in [3.8, 4) is 6.07 Å². The highest BCUT2D eigenvalue weighted by Crippen LogP contribution is 2.17. The predicted octanol–water partition coefficient (Wildman–Crippen LogP) is 0.994. The van der Waals surface area contributed by atoms with Crippen LogP contribution in [0.3, 0.4) is 0 Å². The molecule has 0 aliphatic heterocycles. The number of nitriles is 1. The van der Waals surface area contributed by atoms with Crippen LogP contribution in [0.2, 0.25) is 5.02 Å². The van der Waals surface area contributed by atoms with E-state index in [9.17, 15) is 4.79 Å². The van der Waals surface area contributed by atoms with Crippen LogP contribution in [0.5, 0.6) is 0 Å². The number of hydrogen-bond acceptors (Lipinski definition) is 2. The van der Waals surface area contributed by atoms with Crippen LogP contribution >= 0.6 is 11.6 Å². The van der Waals surface area contributed by atoms with E-state index in [-0.39, 0.29) is 16.5 Å². The Morgan fingerprint density at radius 3 is 2.67 bits per heavy atom. The van der Waals surface area contributed by atoms with Gasteiger partial charge >= 0.3 is 0 Å². The quantitative estimate of drug-likeness (QED) is 0.710. The van der Waals surface area contributed by atoms with Gasteiger partial charge in [-0.3, -0.25) is 14.6 Å². The van der Waals surface area contributed by atoms with Crippen molar-refractivity contribution in [2.75, 3.05) is 0 Å². The summed E-state index contributed by atoms with van der Waals surface area (Å²) in [6, 6.07) is 1.99. The molecular weight excluding hydrogens is 178 g/mol. The number of aromatic nitrogens is 2. The van der Waals surface area contributed by atoms with Crippen LogP contribution in [-0.2, 0) is 7.05 Å². The Hall–Kier alpha value is -1.21. The van der Waals surface area contributed by atoms with Gasteiger partial charge in [0.15, 0.2) is 0 Å². The summed E-state index contributed by atoms with van der Waals surface area (Å²) >= 11 is 5.67. The van der Waals surface area contributed by atoms with E-state index in [1.807, 2.05) is 6.07 Å². The molecule has 12 heavy (non-hydrogen) atoms. The molecule has 0 aromatic carbocycles. The molecule has 0 aliphatic rings. The molecule has 1 aromatic heterocycles. The first-order valence-corrected chi connectivity index (χ1v) is 3.79. The van der Waals surface area contributed by atoms with Crippen LogP contribution < -0.4 is 5.56 Å². The average molecular weight is 186 g/mol. The molecule has 0 aliphatic carbocycles. The van der Waals surface area contributed by atoms with Gasteiger partial charge in [0, 0.05) is 7.05 Å². The van der Waals surface area contributed by atoms with E-state index in [1.54, 1.807) is 14.0 Å². The molecule has 4 nitrogen and oxygen atoms in total. The Balaban J connectivity index is 3.29. The Bertz CT molecular complexity index is 384. The van der Waals surface area contributed by atoms with Gasteiger partial charge in [0.2, 0.25) is 0 Å². The number of H-pyrrole nitrogens is 1. The van der Waals surface area contributed by atoms with Crippen LogP contribution in [-0.4, -0.2) is 9.78 Å². The third-order valence-corrected chi connectivity index (χ3v) is 2.01. The Morgan fingerprint density at radius 1 is 1.75 bits per heavy atom. The predicted molar refractivity (Wildman–Crippen MR) is 45.1 cm³/mol. The maximum Gasteiger partial charge on any atom is 0.285 e. The fourth-order valence-electron chi connectivity index (χ4n) is 0.894. The first-order chi connectivity index (χ1) is 5.57. The molecule has 1 unspecified atom stereocenters. The van der Waals surface area contributed by atoms with E-state index in [0.29, 0.717) is 5.69 Å². The fourth-order valence-corrected chi connectivity index (χ4v) is 1.23. The smallest absolute Gasteiger partial charge is 0.285 e. The van der Waals surface area contributed by atoms with Gasteiger partial charge in [-0.05, 0) is 6.92 Å². The second kappa shape index (κ2) is 3.03. The molecule has 5 heteroatoms. The van der Waals surface area contributed by atoms with Crippen molar-refractivity contribution < 1.29 is 0 Å². The normalized spacial score (nSPS) is 12.5. The standard InChI is InChI=1S/C7H8ClN3O/c1-4(3-9)6-5(8)7(12)11(2)10-6/h4,10H,1-2H3. The van der Waals surface area contributed by atoms with Crippen molar-refractivity contribution in [1.29, 1.82) is 5.26 Å². The zero-order valence-corrected chi connectivity index (χ0v) is 7.51. The van der Waals surface area contributed by atoms with Crippen LogP contribution in [0.4, 0.5) is 0 Å². The summed E-state index contributed by atoms with van der Waals surface area (Å²) in [5, 5.41) is 11.4. The van der Waals surface area contributed by atoms with E-state index in [1.165, 1.54) is 4.68 Å². The van der Waals surface area contributed by atoms with E-state index in [4.69, 9.17) is 16.9 Å². The SMILES string of the molecule is CC(C#N)c1[nH]n(C)c(=O)c1Cl. The second-order valence-corrected chi connectivity index (χ2v) is 2.93. The molecule has 0 radical (unpaired) electrons. The Labute approximate surface area is 74.4 Å². The maximum absolute atomic E-state index is 11.1. The molecule has 1 heterocycles. The number of halogens is 1. The minimum absolute atomic E-state index is 0.103. The molecule has 0 saturated carbocycles. The summed E-state index contributed by atoms with van der Waals surface area (Å²) in [7, 11) is 1.56. The van der Waals surface area contributed by atoms with Gasteiger partial charge in [0.1, 0.15) is 5.02 Å². The highest BCUT2D eigenvalue weighted by molar-refractivity contribution is 6.31. The zero-order valence-electron chi connectivity index (χ0n) is 6.76. The number of hydrogen-bond donors (Lipinski definition) is 1. The summed E-state index contributed by atoms with van der Waals surface area (Å²) in [5.41, 5.74) is 0.181. The number of rotatable bonds is 1. The lowest BCUT2D eigenvalue weighted by Gasteiger charge is -1.96. The molecule has 64 valence electrons. The van der Waals surface area contributed by atoms with Gasteiger partial charge in [0.25, 0.3) is 5.56 Å². The fraction of sp³-hybridized carbons (Fsp3) is 0.429. The third-order valence-electron chi connectivity index (χ3n) is 1.64. The minimum Gasteiger partial charge on any atom is -0.297 e. The largest absolute Gasteiger partial charge is 0.297 e. The number of nitrogens with zero attached hydrogens (tertiary/aromatic N) is 2. The van der Waals surface area contributed by atoms with E-state index in [0.717, 1.165) is 0 Å². The molecule has 0 saturated heterocycles. The number of aryl methyl sites for hydroxylation is 1. The Kier molecular flexibility index (Phi) is 2.25. The molecule has 0 fully saturated rings. The first kappa shape index (κ1) is 8.88. The average Bonchev–Trinajstić information content (AvgIpc) is 2.32. The minimum atomic E-state index is -0.383. The van der Waals surface area contributed by atoms with E-state index in [2.05, 4.69) is 5.10 Å². The van der Waals surface area contributed by atoms with Gasteiger partial charge < -0.3 is 0 Å². The third kappa shape index (κ3) is 1.23. The lowest BCUT2D eigenvalue weighted by Crippen LogP contribution is -2.11. The van der Waals surface area contributed by atoms with Crippen LogP contribution in [0, 0.1) is 11.3 Å². The highest BCUT2D eigenvalue weighted by Gasteiger charge is 2.15. The van der Waals surface area contributed by atoms with Gasteiger partial charge in [-0.25, -0.2) is 0 Å². The number of aromatic amines is 1. The zero-order chi connectivity index (χ0) is 9.30. The second-order valence-electron chi connectivity index (χ2n) is 2.55. The van der Waals surface area contributed by atoms with Crippen molar-refractivity contribution in [2.45, 2.75) is 12.8 Å². The summed E-state index contributed by atoms with van der Waals surface area (Å²) in [4.78, 5) is 11.1. The van der Waals surface area contributed by atoms with E-state index < -0.39 is 0 Å². The Morgan fingerprint density at radius 2 is 2.33 bits per heavy atom. The molecule has 0 spiro atoms. The number of nitrogens with one attached hydrogen (secondary N) is 1. The highest BCUT2D eigenvalue weighted by atomic mass is 35.5. The molecule has 1 atom stereocenters. The van der Waals surface area contributed by atoms with Crippen LogP contribution in [0.15, 0.2) is 4.79 Å². The molecule has 1 rings (SSSR count). The van der Waals surface area contributed by atoms with Gasteiger partial charge in [-0.2, -0.15) is 5.26 Å². The van der Waals surface area contributed by atoms with Gasteiger partial charge in [-0.1, -0.05) is 11.6 Å². The monoisotopic (exact) mass is 185 g/mol. The van der Waals surface area contributed by atoms with Crippen LogP contribution in [0.1, 0.15) is 18.5 Å². The summed E-state index contributed by atoms with van der Waals surface area (Å²) in [6.07, 6.45) is 0. The van der Waals surface area contributed by atoms with Gasteiger partial charge in [-0.15, -0.1) is 0 Å². The molecule has 0 amide bonds. The van der Waals surface area contributed by atoms with Crippen LogP contribution in [0.25, 0.3) is 0 Å². The molecular formula is C7H8ClN3O. The molecule has 1 N–H and O–H groups in total. The summed E-state index contributed by atoms with van der Waals surface area (Å²) in [6.45, 7) is 1.68. The molecule has 1 aromatic rings. The van der Waals surface area contributed by atoms with Crippen molar-refractivity contribution in [2.24, 2.45) is 7.05 Å². The maximum atomic E-state index is 11.1. The topological polar surface area (TPSA) is 61.6 Å². The summed E-state index contributed by atoms with van der Waals surface area (Å²) in [5.74, 6) is -0.383. The van der Waals surface area contributed by atoms with Crippen molar-refractivity contribution in [3.63, 3.8) is 0 Å². The molecule has 0 bridgehead atoms. The van der Waals surface area contributed by atoms with Gasteiger partial charge in [0.05, 0.1) is 17.7 Å². The van der Waals surface area contributed by atoms with Crippen molar-refractivity contribution >= 4 is 11.6 Å². The van der Waals surface area contributed by atoms with E-state index >= 15 is 0 Å². The van der Waals surface area contributed by atoms with Crippen molar-refractivity contribution in [1.82, 2.24) is 9.78 Å². The lowest BCUT2D eigenvalue weighted by molar-refractivity contribution is 0.713. The summed E-state index contributed by atoms with van der Waals surface area (Å²) < 4.78 is 1.26.